The Morgan fingerprint density at radius 1 is 1.20 bits per heavy atom. The van der Waals surface area contributed by atoms with Gasteiger partial charge in [-0.2, -0.15) is 11.3 Å². The quantitative estimate of drug-likeness (QED) is 0.695. The minimum Gasteiger partial charge on any atom is -0.447 e. The lowest BCUT2D eigenvalue weighted by Gasteiger charge is -2.19. The second-order valence-electron chi connectivity index (χ2n) is 5.61. The number of cyclic esters (lactones) is 1. The standard InChI is InChI=1S/C18H17NO4S2/c20-16(14-6-7-24-10-14)11-25-12-17(21)19-15(9-23-18(19)22)8-13-4-2-1-3-5-13/h1-7,10,15H,8-9,11-12H2/t15-/m0/s1. The minimum atomic E-state index is -0.601. The molecule has 2 aromatic rings. The number of hydrogen-bond donors (Lipinski definition) is 0. The van der Waals surface area contributed by atoms with Gasteiger partial charge in [0.1, 0.15) is 6.61 Å². The van der Waals surface area contributed by atoms with Gasteiger partial charge in [0, 0.05) is 10.9 Å². The molecule has 0 spiro atoms. The highest BCUT2D eigenvalue weighted by atomic mass is 32.2. The van der Waals surface area contributed by atoms with Crippen LogP contribution in [0, 0.1) is 0 Å². The van der Waals surface area contributed by atoms with Crippen LogP contribution >= 0.6 is 23.1 Å². The Balaban J connectivity index is 1.54. The van der Waals surface area contributed by atoms with E-state index in [0.29, 0.717) is 12.0 Å². The number of imide groups is 1. The first kappa shape index (κ1) is 17.7. The molecular weight excluding hydrogens is 358 g/mol. The van der Waals surface area contributed by atoms with E-state index in [1.165, 1.54) is 28.0 Å². The number of ether oxygens (including phenoxy) is 1. The lowest BCUT2D eigenvalue weighted by atomic mass is 10.1. The molecule has 5 nitrogen and oxygen atoms in total. The number of nitrogens with zero attached hydrogens (tertiary/aromatic N) is 1. The van der Waals surface area contributed by atoms with Gasteiger partial charge in [0.25, 0.3) is 0 Å². The number of rotatable bonds is 7. The van der Waals surface area contributed by atoms with E-state index in [1.807, 2.05) is 35.7 Å². The van der Waals surface area contributed by atoms with Gasteiger partial charge in [-0.1, -0.05) is 30.3 Å². The highest BCUT2D eigenvalue weighted by molar-refractivity contribution is 8.00. The average molecular weight is 375 g/mol. The number of Topliss-reactive ketones (excluding diaryl/α,β-unsaturated/α-hetero) is 1. The molecule has 3 rings (SSSR count). The van der Waals surface area contributed by atoms with Crippen LogP contribution in [-0.2, 0) is 16.0 Å². The van der Waals surface area contributed by atoms with Crippen molar-refractivity contribution in [3.8, 4) is 0 Å². The molecule has 25 heavy (non-hydrogen) atoms. The molecule has 130 valence electrons. The van der Waals surface area contributed by atoms with Crippen molar-refractivity contribution in [3.63, 3.8) is 0 Å². The van der Waals surface area contributed by atoms with E-state index in [-0.39, 0.29) is 35.8 Å². The molecule has 0 unspecified atom stereocenters. The molecular formula is C18H17NO4S2. The first-order valence-electron chi connectivity index (χ1n) is 7.81. The third-order valence-electron chi connectivity index (χ3n) is 3.85. The Kier molecular flexibility index (Phi) is 5.88. The molecule has 1 aromatic heterocycles. The van der Waals surface area contributed by atoms with Crippen LogP contribution in [0.2, 0.25) is 0 Å². The molecule has 2 amide bonds. The summed E-state index contributed by atoms with van der Waals surface area (Å²) in [6.07, 6.45) is -0.0349. The normalized spacial score (nSPS) is 16.7. The molecule has 1 aromatic carbocycles. The summed E-state index contributed by atoms with van der Waals surface area (Å²) in [4.78, 5) is 37.5. The van der Waals surface area contributed by atoms with Crippen molar-refractivity contribution < 1.29 is 19.1 Å². The summed E-state index contributed by atoms with van der Waals surface area (Å²) in [6, 6.07) is 11.2. The van der Waals surface area contributed by atoms with E-state index >= 15 is 0 Å². The maximum atomic E-state index is 12.4. The lowest BCUT2D eigenvalue weighted by Crippen LogP contribution is -2.41. The summed E-state index contributed by atoms with van der Waals surface area (Å²) in [5, 5.41) is 3.63. The number of carbonyl (C=O) groups excluding carboxylic acids is 3. The Morgan fingerprint density at radius 2 is 2.00 bits per heavy atom. The van der Waals surface area contributed by atoms with Crippen molar-refractivity contribution >= 4 is 40.9 Å². The van der Waals surface area contributed by atoms with Crippen LogP contribution in [0.5, 0.6) is 0 Å². The fourth-order valence-electron chi connectivity index (χ4n) is 2.61. The van der Waals surface area contributed by atoms with Crippen LogP contribution in [0.4, 0.5) is 4.79 Å². The van der Waals surface area contributed by atoms with E-state index < -0.39 is 6.09 Å². The Bertz CT molecular complexity index is 746. The van der Waals surface area contributed by atoms with Crippen LogP contribution in [-0.4, -0.2) is 46.8 Å². The van der Waals surface area contributed by atoms with Gasteiger partial charge in [-0.05, 0) is 23.4 Å². The molecule has 1 aliphatic heterocycles. The molecule has 0 N–H and O–H groups in total. The Hall–Kier alpha value is -2.12. The summed E-state index contributed by atoms with van der Waals surface area (Å²) in [6.45, 7) is 0.206. The molecule has 0 saturated carbocycles. The summed E-state index contributed by atoms with van der Waals surface area (Å²) >= 11 is 2.68. The predicted octanol–water partition coefficient (Wildman–Crippen LogP) is 3.25. The molecule has 0 aliphatic carbocycles. The zero-order chi connectivity index (χ0) is 17.6. The molecule has 1 atom stereocenters. The van der Waals surface area contributed by atoms with Gasteiger partial charge in [-0.25, -0.2) is 9.69 Å². The van der Waals surface area contributed by atoms with Crippen LogP contribution in [0.25, 0.3) is 0 Å². The lowest BCUT2D eigenvalue weighted by molar-refractivity contribution is -0.126. The largest absolute Gasteiger partial charge is 0.447 e. The van der Waals surface area contributed by atoms with Gasteiger partial charge in [0.05, 0.1) is 17.5 Å². The van der Waals surface area contributed by atoms with Crippen molar-refractivity contribution in [3.05, 3.63) is 58.3 Å². The Morgan fingerprint density at radius 3 is 2.72 bits per heavy atom. The van der Waals surface area contributed by atoms with Crippen LogP contribution in [0.1, 0.15) is 15.9 Å². The summed E-state index contributed by atoms with van der Waals surface area (Å²) in [5.74, 6) is -0.0271. The molecule has 2 heterocycles. The van der Waals surface area contributed by atoms with Gasteiger partial charge in [-0.15, -0.1) is 11.8 Å². The monoisotopic (exact) mass is 375 g/mol. The van der Waals surface area contributed by atoms with E-state index in [2.05, 4.69) is 0 Å². The molecule has 1 fully saturated rings. The molecule has 1 aliphatic rings. The Labute approximate surface area is 154 Å². The van der Waals surface area contributed by atoms with Gasteiger partial charge < -0.3 is 4.74 Å². The van der Waals surface area contributed by atoms with Crippen molar-refractivity contribution in [1.82, 2.24) is 4.90 Å². The third-order valence-corrected chi connectivity index (χ3v) is 5.45. The molecule has 7 heteroatoms. The minimum absolute atomic E-state index is 0.0103. The number of thioether (sulfide) groups is 1. The predicted molar refractivity (Wildman–Crippen MR) is 98.1 cm³/mol. The number of benzene rings is 1. The number of hydrogen-bond acceptors (Lipinski definition) is 6. The average Bonchev–Trinajstić information content (AvgIpc) is 3.26. The smallest absolute Gasteiger partial charge is 0.417 e. The fourth-order valence-corrected chi connectivity index (χ4v) is 4.04. The summed E-state index contributed by atoms with van der Waals surface area (Å²) in [7, 11) is 0. The first-order chi connectivity index (χ1) is 12.1. The van der Waals surface area contributed by atoms with Crippen LogP contribution in [0.15, 0.2) is 47.2 Å². The number of ketones is 1. The van der Waals surface area contributed by atoms with Crippen molar-refractivity contribution in [2.75, 3.05) is 18.1 Å². The maximum absolute atomic E-state index is 12.4. The van der Waals surface area contributed by atoms with Gasteiger partial charge >= 0.3 is 6.09 Å². The fraction of sp³-hybridized carbons (Fsp3) is 0.278. The van der Waals surface area contributed by atoms with Crippen LogP contribution < -0.4 is 0 Å². The van der Waals surface area contributed by atoms with Crippen LogP contribution in [0.3, 0.4) is 0 Å². The number of carbonyl (C=O) groups is 3. The molecule has 1 saturated heterocycles. The number of thiophene rings is 1. The van der Waals surface area contributed by atoms with Crippen molar-refractivity contribution in [1.29, 1.82) is 0 Å². The SMILES string of the molecule is O=C(CSCC(=O)N1C(=O)OC[C@@H]1Cc1ccccc1)c1ccsc1. The first-order valence-corrected chi connectivity index (χ1v) is 9.91. The zero-order valence-corrected chi connectivity index (χ0v) is 15.1. The van der Waals surface area contributed by atoms with Crippen molar-refractivity contribution in [2.45, 2.75) is 12.5 Å². The van der Waals surface area contributed by atoms with Gasteiger partial charge in [0.2, 0.25) is 5.91 Å². The maximum Gasteiger partial charge on any atom is 0.417 e. The third kappa shape index (κ3) is 4.49. The van der Waals surface area contributed by atoms with E-state index in [9.17, 15) is 14.4 Å². The van der Waals surface area contributed by atoms with E-state index in [4.69, 9.17) is 4.74 Å². The second-order valence-corrected chi connectivity index (χ2v) is 7.38. The molecule has 0 bridgehead atoms. The summed E-state index contributed by atoms with van der Waals surface area (Å²) < 4.78 is 5.05. The number of amides is 2. The molecule has 0 radical (unpaired) electrons. The van der Waals surface area contributed by atoms with Gasteiger partial charge in [0.15, 0.2) is 5.78 Å². The highest BCUT2D eigenvalue weighted by Gasteiger charge is 2.37. The zero-order valence-electron chi connectivity index (χ0n) is 13.4. The highest BCUT2D eigenvalue weighted by Crippen LogP contribution is 2.19. The van der Waals surface area contributed by atoms with Crippen molar-refractivity contribution in [2.24, 2.45) is 0 Å². The summed E-state index contributed by atoms with van der Waals surface area (Å²) in [5.41, 5.74) is 1.70. The second kappa shape index (κ2) is 8.31. The van der Waals surface area contributed by atoms with E-state index in [1.54, 1.807) is 11.4 Å². The van der Waals surface area contributed by atoms with E-state index in [0.717, 1.165) is 5.56 Å². The van der Waals surface area contributed by atoms with Gasteiger partial charge in [-0.3, -0.25) is 9.59 Å². The topological polar surface area (TPSA) is 63.7 Å².